The summed E-state index contributed by atoms with van der Waals surface area (Å²) in [7, 11) is 4.02. The van der Waals surface area contributed by atoms with Crippen LogP contribution in [0.2, 0.25) is 0 Å². The number of nitrogens with zero attached hydrogens (tertiary/aromatic N) is 5. The number of aliphatic hydroxyl groups excluding tert-OH is 1. The molecule has 0 atom stereocenters. The third-order valence-electron chi connectivity index (χ3n) is 7.48. The van der Waals surface area contributed by atoms with Crippen LogP contribution >= 0.6 is 0 Å². The van der Waals surface area contributed by atoms with Gasteiger partial charge in [-0.1, -0.05) is 13.3 Å². The molecule has 9 nitrogen and oxygen atoms in total. The van der Waals surface area contributed by atoms with E-state index in [-0.39, 0.29) is 24.1 Å². The van der Waals surface area contributed by atoms with Gasteiger partial charge in [-0.25, -0.2) is 4.98 Å². The van der Waals surface area contributed by atoms with Crippen LogP contribution in [0.25, 0.3) is 11.3 Å². The molecule has 36 heavy (non-hydrogen) atoms. The number of aliphatic hydroxyl groups is 1. The summed E-state index contributed by atoms with van der Waals surface area (Å²) in [5.41, 5.74) is 2.13. The lowest BCUT2D eigenvalue weighted by molar-refractivity contribution is 0.0659. The number of piperidine rings is 1. The average molecular weight is 496 g/mol. The van der Waals surface area contributed by atoms with Gasteiger partial charge in [-0.3, -0.25) is 9.78 Å². The second-order valence-electron chi connectivity index (χ2n) is 10.3. The Balaban J connectivity index is 1.50. The molecule has 0 aromatic carbocycles. The van der Waals surface area contributed by atoms with Gasteiger partial charge in [0.1, 0.15) is 5.82 Å². The van der Waals surface area contributed by atoms with Crippen LogP contribution in [0.1, 0.15) is 68.6 Å². The van der Waals surface area contributed by atoms with Gasteiger partial charge in [0.05, 0.1) is 22.9 Å². The first-order valence-electron chi connectivity index (χ1n) is 13.4. The smallest absolute Gasteiger partial charge is 0.255 e. The molecule has 2 aliphatic rings. The maximum Gasteiger partial charge on any atom is 0.255 e. The number of unbranched alkanes of at least 4 members (excludes halogenated alkanes) is 1. The zero-order valence-electron chi connectivity index (χ0n) is 21.9. The number of nitrogens with one attached hydrogen (secondary N) is 2. The van der Waals surface area contributed by atoms with Crippen molar-refractivity contribution in [3.05, 3.63) is 30.1 Å². The van der Waals surface area contributed by atoms with E-state index >= 15 is 0 Å². The van der Waals surface area contributed by atoms with Gasteiger partial charge in [-0.15, -0.1) is 0 Å². The van der Waals surface area contributed by atoms with Gasteiger partial charge in [0, 0.05) is 38.1 Å². The minimum Gasteiger partial charge on any atom is -0.393 e. The Kier molecular flexibility index (Phi) is 9.09. The zero-order chi connectivity index (χ0) is 25.5. The van der Waals surface area contributed by atoms with Gasteiger partial charge in [0.25, 0.3) is 5.91 Å². The third kappa shape index (κ3) is 6.70. The number of carbonyl (C=O) groups excluding carboxylic acids is 1. The quantitative estimate of drug-likeness (QED) is 0.453. The van der Waals surface area contributed by atoms with Crippen molar-refractivity contribution < 1.29 is 9.90 Å². The number of pyridine rings is 1. The Hall–Kier alpha value is -2.78. The summed E-state index contributed by atoms with van der Waals surface area (Å²) in [6.07, 6.45) is 10.8. The lowest BCUT2D eigenvalue weighted by Crippen LogP contribution is -2.44. The average Bonchev–Trinajstić information content (AvgIpc) is 2.90. The summed E-state index contributed by atoms with van der Waals surface area (Å²) in [4.78, 5) is 31.2. The predicted octanol–water partition coefficient (Wildman–Crippen LogP) is 3.63. The molecule has 0 spiro atoms. The maximum atomic E-state index is 13.1. The second kappa shape index (κ2) is 12.5. The molecule has 4 rings (SSSR count). The first-order valence-corrected chi connectivity index (χ1v) is 13.4. The molecule has 0 bridgehead atoms. The minimum atomic E-state index is -0.210. The van der Waals surface area contributed by atoms with E-state index in [1.807, 2.05) is 24.1 Å². The van der Waals surface area contributed by atoms with E-state index in [2.05, 4.69) is 39.5 Å². The third-order valence-corrected chi connectivity index (χ3v) is 7.48. The first-order chi connectivity index (χ1) is 17.4. The number of carbonyl (C=O) groups is 1. The van der Waals surface area contributed by atoms with Crippen molar-refractivity contribution >= 4 is 17.7 Å². The first kappa shape index (κ1) is 26.3. The van der Waals surface area contributed by atoms with Crippen molar-refractivity contribution in [3.8, 4) is 11.3 Å². The molecule has 1 aliphatic carbocycles. The van der Waals surface area contributed by atoms with Gasteiger partial charge in [-0.2, -0.15) is 4.98 Å². The van der Waals surface area contributed by atoms with E-state index in [0.29, 0.717) is 11.5 Å². The molecule has 2 fully saturated rings. The largest absolute Gasteiger partial charge is 0.393 e. The molecule has 1 aliphatic heterocycles. The summed E-state index contributed by atoms with van der Waals surface area (Å²) < 4.78 is 0. The molecular weight excluding hydrogens is 454 g/mol. The van der Waals surface area contributed by atoms with E-state index in [0.717, 1.165) is 88.1 Å². The van der Waals surface area contributed by atoms with Crippen LogP contribution in [0.5, 0.6) is 0 Å². The van der Waals surface area contributed by atoms with Crippen LogP contribution in [0.4, 0.5) is 11.8 Å². The van der Waals surface area contributed by atoms with Crippen molar-refractivity contribution in [3.63, 3.8) is 0 Å². The molecule has 2 aromatic heterocycles. The maximum absolute atomic E-state index is 13.1. The normalized spacial score (nSPS) is 21.2. The number of anilines is 2. The molecule has 0 unspecified atom stereocenters. The van der Waals surface area contributed by atoms with Crippen LogP contribution < -0.4 is 10.6 Å². The summed E-state index contributed by atoms with van der Waals surface area (Å²) in [6.45, 7) is 5.00. The SMILES string of the molecule is CCCCNc1ncc(-c2ccc(C(=O)N(C)C3CCN(C)CC3)cn2)c(N[C@H]2CC[C@H](O)CC2)n1. The van der Waals surface area contributed by atoms with E-state index in [9.17, 15) is 9.90 Å². The van der Waals surface area contributed by atoms with Crippen LogP contribution in [-0.2, 0) is 0 Å². The van der Waals surface area contributed by atoms with E-state index in [4.69, 9.17) is 4.98 Å². The Morgan fingerprint density at radius 1 is 1.11 bits per heavy atom. The topological polar surface area (TPSA) is 107 Å². The van der Waals surface area contributed by atoms with Gasteiger partial charge >= 0.3 is 0 Å². The summed E-state index contributed by atoms with van der Waals surface area (Å²) in [5.74, 6) is 1.34. The van der Waals surface area contributed by atoms with Gasteiger partial charge in [0.2, 0.25) is 5.95 Å². The Morgan fingerprint density at radius 2 is 1.86 bits per heavy atom. The predicted molar refractivity (Wildman–Crippen MR) is 143 cm³/mol. The Labute approximate surface area is 214 Å². The highest BCUT2D eigenvalue weighted by Gasteiger charge is 2.25. The van der Waals surface area contributed by atoms with Crippen LogP contribution in [0.15, 0.2) is 24.5 Å². The number of hydrogen-bond donors (Lipinski definition) is 3. The van der Waals surface area contributed by atoms with E-state index < -0.39 is 0 Å². The van der Waals surface area contributed by atoms with Crippen LogP contribution in [0, 0.1) is 0 Å². The standard InChI is InChI=1S/C27H41N7O2/c1-4-5-14-28-27-30-18-23(25(32-27)31-20-7-9-22(35)10-8-20)24-11-6-19(17-29-24)26(36)34(3)21-12-15-33(2)16-13-21/h6,11,17-18,20-22,35H,4-5,7-10,12-16H2,1-3H3,(H2,28,30,31,32)/t20-,22-. The molecule has 0 radical (unpaired) electrons. The Bertz CT molecular complexity index is 984. The van der Waals surface area contributed by atoms with Gasteiger partial charge in [0.15, 0.2) is 0 Å². The monoisotopic (exact) mass is 495 g/mol. The van der Waals surface area contributed by atoms with Crippen LogP contribution in [0.3, 0.4) is 0 Å². The highest BCUT2D eigenvalue weighted by molar-refractivity contribution is 5.94. The molecule has 3 heterocycles. The molecule has 1 amide bonds. The fourth-order valence-corrected chi connectivity index (χ4v) is 4.99. The van der Waals surface area contributed by atoms with Crippen molar-refractivity contribution in [2.75, 3.05) is 44.4 Å². The number of aromatic nitrogens is 3. The minimum absolute atomic E-state index is 0.00874. The van der Waals surface area contributed by atoms with Crippen molar-refractivity contribution in [1.82, 2.24) is 24.8 Å². The van der Waals surface area contributed by atoms with Crippen molar-refractivity contribution in [2.45, 2.75) is 76.5 Å². The molecule has 1 saturated heterocycles. The molecule has 2 aromatic rings. The van der Waals surface area contributed by atoms with Crippen LogP contribution in [-0.4, -0.2) is 87.7 Å². The van der Waals surface area contributed by atoms with Gasteiger partial charge < -0.3 is 25.5 Å². The number of likely N-dealkylation sites (tertiary alicyclic amines) is 1. The highest BCUT2D eigenvalue weighted by Crippen LogP contribution is 2.29. The van der Waals surface area contributed by atoms with Gasteiger partial charge in [-0.05, 0) is 77.2 Å². The molecule has 196 valence electrons. The Morgan fingerprint density at radius 3 is 2.53 bits per heavy atom. The molecular formula is C27H41N7O2. The second-order valence-corrected chi connectivity index (χ2v) is 10.3. The fraction of sp³-hybridized carbons (Fsp3) is 0.630. The number of amides is 1. The molecule has 9 heteroatoms. The summed E-state index contributed by atoms with van der Waals surface area (Å²) in [5, 5.41) is 16.8. The highest BCUT2D eigenvalue weighted by atomic mass is 16.3. The molecule has 3 N–H and O–H groups in total. The number of rotatable bonds is 9. The summed E-state index contributed by atoms with van der Waals surface area (Å²) >= 11 is 0. The molecule has 1 saturated carbocycles. The lowest BCUT2D eigenvalue weighted by Gasteiger charge is -2.35. The van der Waals surface area contributed by atoms with E-state index in [1.165, 1.54) is 0 Å². The van der Waals surface area contributed by atoms with Crippen molar-refractivity contribution in [1.29, 1.82) is 0 Å². The zero-order valence-corrected chi connectivity index (χ0v) is 21.9. The van der Waals surface area contributed by atoms with E-state index in [1.54, 1.807) is 12.4 Å². The number of hydrogen-bond acceptors (Lipinski definition) is 8. The van der Waals surface area contributed by atoms with Crippen molar-refractivity contribution in [2.24, 2.45) is 0 Å². The summed E-state index contributed by atoms with van der Waals surface area (Å²) in [6, 6.07) is 4.24. The fourth-order valence-electron chi connectivity index (χ4n) is 4.99. The lowest BCUT2D eigenvalue weighted by atomic mass is 9.93.